The molecule has 5 heteroatoms. The summed E-state index contributed by atoms with van der Waals surface area (Å²) in [7, 11) is 0. The van der Waals surface area contributed by atoms with Crippen LogP contribution in [0.5, 0.6) is 0 Å². The van der Waals surface area contributed by atoms with Crippen LogP contribution in [-0.4, -0.2) is 21.8 Å². The van der Waals surface area contributed by atoms with Crippen LogP contribution >= 0.6 is 22.7 Å². The monoisotopic (exact) mass is 368 g/mol. The van der Waals surface area contributed by atoms with Crippen LogP contribution < -0.4 is 0 Å². The molecule has 4 rings (SSSR count). The number of nitrogens with zero attached hydrogens (tertiary/aromatic N) is 2. The molecule has 1 aliphatic rings. The van der Waals surface area contributed by atoms with Crippen LogP contribution in [0.25, 0.3) is 10.6 Å². The van der Waals surface area contributed by atoms with Crippen LogP contribution in [-0.2, 0) is 17.8 Å². The van der Waals surface area contributed by atoms with Gasteiger partial charge in [-0.25, -0.2) is 4.98 Å². The van der Waals surface area contributed by atoms with E-state index in [0.717, 1.165) is 29.1 Å². The van der Waals surface area contributed by atoms with Crippen molar-refractivity contribution in [3.05, 3.63) is 63.3 Å². The molecule has 2 heterocycles. The SMILES string of the molecule is Cc1ccc(CN(C(=O)Cc2csc(-c3ccsc3)n2)C2CC2)cc1. The van der Waals surface area contributed by atoms with E-state index in [9.17, 15) is 4.79 Å². The average Bonchev–Trinajstić information content (AvgIpc) is 3.09. The number of thiazole rings is 1. The number of carbonyl (C=O) groups is 1. The highest BCUT2D eigenvalue weighted by molar-refractivity contribution is 7.14. The minimum atomic E-state index is 0.185. The number of aryl methyl sites for hydroxylation is 1. The van der Waals surface area contributed by atoms with Crippen molar-refractivity contribution in [3.8, 4) is 10.6 Å². The molecule has 0 N–H and O–H groups in total. The first kappa shape index (κ1) is 16.5. The first-order valence-corrected chi connectivity index (χ1v) is 10.3. The molecule has 3 nitrogen and oxygen atoms in total. The zero-order valence-corrected chi connectivity index (χ0v) is 15.8. The molecule has 0 aliphatic heterocycles. The van der Waals surface area contributed by atoms with Gasteiger partial charge in [0.15, 0.2) is 0 Å². The molecule has 25 heavy (non-hydrogen) atoms. The first-order valence-electron chi connectivity index (χ1n) is 8.51. The molecule has 0 unspecified atom stereocenters. The second kappa shape index (κ2) is 7.10. The van der Waals surface area contributed by atoms with E-state index in [2.05, 4.69) is 53.0 Å². The lowest BCUT2D eigenvalue weighted by Gasteiger charge is -2.22. The largest absolute Gasteiger partial charge is 0.335 e. The van der Waals surface area contributed by atoms with Crippen molar-refractivity contribution in [2.24, 2.45) is 0 Å². The quantitative estimate of drug-likeness (QED) is 0.619. The first-order chi connectivity index (χ1) is 12.2. The molecule has 0 saturated heterocycles. The molecule has 0 spiro atoms. The van der Waals surface area contributed by atoms with Gasteiger partial charge in [0, 0.05) is 28.9 Å². The number of thiophene rings is 1. The molecule has 0 bridgehead atoms. The standard InChI is InChI=1S/C20H20N2OS2/c1-14-2-4-15(5-3-14)11-22(18-6-7-18)19(23)10-17-13-25-20(21-17)16-8-9-24-12-16/h2-5,8-9,12-13,18H,6-7,10-11H2,1H3. The molecule has 2 aromatic heterocycles. The van der Waals surface area contributed by atoms with Gasteiger partial charge in [0.2, 0.25) is 5.91 Å². The Morgan fingerprint density at radius 3 is 2.68 bits per heavy atom. The third kappa shape index (κ3) is 3.99. The van der Waals surface area contributed by atoms with E-state index in [4.69, 9.17) is 0 Å². The summed E-state index contributed by atoms with van der Waals surface area (Å²) >= 11 is 3.28. The van der Waals surface area contributed by atoms with Gasteiger partial charge in [-0.1, -0.05) is 29.8 Å². The Morgan fingerprint density at radius 1 is 1.20 bits per heavy atom. The molecule has 1 fully saturated rings. The van der Waals surface area contributed by atoms with Gasteiger partial charge in [0.05, 0.1) is 12.1 Å². The number of rotatable bonds is 6. The maximum Gasteiger partial charge on any atom is 0.229 e. The highest BCUT2D eigenvalue weighted by Crippen LogP contribution is 2.30. The molecule has 3 aromatic rings. The molecule has 1 aliphatic carbocycles. The van der Waals surface area contributed by atoms with Crippen molar-refractivity contribution in [3.63, 3.8) is 0 Å². The highest BCUT2D eigenvalue weighted by atomic mass is 32.1. The predicted molar refractivity (Wildman–Crippen MR) is 104 cm³/mol. The molecular formula is C20H20N2OS2. The summed E-state index contributed by atoms with van der Waals surface area (Å²) in [5.74, 6) is 0.185. The Bertz CT molecular complexity index is 848. The molecule has 0 atom stereocenters. The number of aromatic nitrogens is 1. The molecule has 1 amide bonds. The van der Waals surface area contributed by atoms with Crippen molar-refractivity contribution in [2.45, 2.75) is 38.8 Å². The van der Waals surface area contributed by atoms with E-state index in [0.29, 0.717) is 19.0 Å². The number of hydrogen-bond donors (Lipinski definition) is 0. The van der Waals surface area contributed by atoms with Crippen molar-refractivity contribution in [1.82, 2.24) is 9.88 Å². The minimum absolute atomic E-state index is 0.185. The topological polar surface area (TPSA) is 33.2 Å². The van der Waals surface area contributed by atoms with Crippen LogP contribution in [0.15, 0.2) is 46.5 Å². The third-order valence-corrected chi connectivity index (χ3v) is 6.06. The normalized spacial score (nSPS) is 13.8. The van der Waals surface area contributed by atoms with E-state index in [-0.39, 0.29) is 5.91 Å². The summed E-state index contributed by atoms with van der Waals surface area (Å²) in [5, 5.41) is 7.17. The van der Waals surface area contributed by atoms with Gasteiger partial charge < -0.3 is 4.90 Å². The van der Waals surface area contributed by atoms with Crippen LogP contribution in [0.2, 0.25) is 0 Å². The predicted octanol–water partition coefficient (Wildman–Crippen LogP) is 4.91. The van der Waals surface area contributed by atoms with Crippen LogP contribution in [0.4, 0.5) is 0 Å². The van der Waals surface area contributed by atoms with Crippen molar-refractivity contribution in [2.75, 3.05) is 0 Å². The second-order valence-electron chi connectivity index (χ2n) is 6.57. The second-order valence-corrected chi connectivity index (χ2v) is 8.21. The molecule has 1 aromatic carbocycles. The summed E-state index contributed by atoms with van der Waals surface area (Å²) < 4.78 is 0. The number of benzene rings is 1. The maximum absolute atomic E-state index is 12.9. The number of hydrogen-bond acceptors (Lipinski definition) is 4. The molecular weight excluding hydrogens is 348 g/mol. The molecule has 0 radical (unpaired) electrons. The summed E-state index contributed by atoms with van der Waals surface area (Å²) in [6.07, 6.45) is 2.63. The smallest absolute Gasteiger partial charge is 0.229 e. The average molecular weight is 369 g/mol. The van der Waals surface area contributed by atoms with E-state index in [1.54, 1.807) is 22.7 Å². The zero-order chi connectivity index (χ0) is 17.2. The fraction of sp³-hybridized carbons (Fsp3) is 0.300. The fourth-order valence-electron chi connectivity index (χ4n) is 2.86. The van der Waals surface area contributed by atoms with Gasteiger partial charge in [-0.3, -0.25) is 4.79 Å². The van der Waals surface area contributed by atoms with Crippen molar-refractivity contribution in [1.29, 1.82) is 0 Å². The van der Waals surface area contributed by atoms with E-state index in [1.807, 2.05) is 10.3 Å². The van der Waals surface area contributed by atoms with Crippen molar-refractivity contribution >= 4 is 28.6 Å². The van der Waals surface area contributed by atoms with Crippen LogP contribution in [0.1, 0.15) is 29.7 Å². The van der Waals surface area contributed by atoms with E-state index < -0.39 is 0 Å². The van der Waals surface area contributed by atoms with Gasteiger partial charge in [0.1, 0.15) is 5.01 Å². The summed E-state index contributed by atoms with van der Waals surface area (Å²) in [4.78, 5) is 19.5. The zero-order valence-electron chi connectivity index (χ0n) is 14.1. The Labute approximate surface area is 156 Å². The minimum Gasteiger partial charge on any atom is -0.335 e. The van der Waals surface area contributed by atoms with Crippen LogP contribution in [0.3, 0.4) is 0 Å². The summed E-state index contributed by atoms with van der Waals surface area (Å²) in [5.41, 5.74) is 4.47. The Kier molecular flexibility index (Phi) is 4.68. The Hall–Kier alpha value is -1.98. The molecule has 1 saturated carbocycles. The highest BCUT2D eigenvalue weighted by Gasteiger charge is 2.32. The third-order valence-electron chi connectivity index (χ3n) is 4.43. The fourth-order valence-corrected chi connectivity index (χ4v) is 4.39. The lowest BCUT2D eigenvalue weighted by molar-refractivity contribution is -0.131. The van der Waals surface area contributed by atoms with Gasteiger partial charge in [-0.05, 0) is 36.8 Å². The van der Waals surface area contributed by atoms with Crippen LogP contribution in [0, 0.1) is 6.92 Å². The van der Waals surface area contributed by atoms with Gasteiger partial charge >= 0.3 is 0 Å². The lowest BCUT2D eigenvalue weighted by Crippen LogP contribution is -2.33. The summed E-state index contributed by atoms with van der Waals surface area (Å²) in [6.45, 7) is 2.78. The maximum atomic E-state index is 12.9. The van der Waals surface area contributed by atoms with Gasteiger partial charge in [-0.2, -0.15) is 11.3 Å². The van der Waals surface area contributed by atoms with Crippen molar-refractivity contribution < 1.29 is 4.79 Å². The lowest BCUT2D eigenvalue weighted by atomic mass is 10.1. The summed E-state index contributed by atoms with van der Waals surface area (Å²) in [6, 6.07) is 10.9. The Balaban J connectivity index is 1.45. The van der Waals surface area contributed by atoms with Gasteiger partial charge in [-0.15, -0.1) is 11.3 Å². The molecule has 128 valence electrons. The number of carbonyl (C=O) groups excluding carboxylic acids is 1. The van der Waals surface area contributed by atoms with E-state index >= 15 is 0 Å². The number of amides is 1. The van der Waals surface area contributed by atoms with Gasteiger partial charge in [0.25, 0.3) is 0 Å². The van der Waals surface area contributed by atoms with E-state index in [1.165, 1.54) is 11.1 Å². The Morgan fingerprint density at radius 2 is 2.00 bits per heavy atom.